The lowest BCUT2D eigenvalue weighted by Gasteiger charge is -2.12. The standard InChI is InChI=1S/C16H27NO/c1-4-5-6-7-8-9-10-16(18)15-11-13(2)17-14(3)12-15/h11-12,16,18H,4-10H2,1-3H3. The van der Waals surface area contributed by atoms with Crippen molar-refractivity contribution in [2.45, 2.75) is 71.8 Å². The van der Waals surface area contributed by atoms with E-state index in [9.17, 15) is 5.11 Å². The third-order valence-corrected chi connectivity index (χ3v) is 3.32. The Kier molecular flexibility index (Phi) is 6.96. The molecule has 0 aliphatic carbocycles. The summed E-state index contributed by atoms with van der Waals surface area (Å²) in [6, 6.07) is 3.99. The molecule has 1 N–H and O–H groups in total. The van der Waals surface area contributed by atoms with Crippen LogP contribution < -0.4 is 0 Å². The molecule has 1 heterocycles. The van der Waals surface area contributed by atoms with E-state index in [1.807, 2.05) is 26.0 Å². The normalized spacial score (nSPS) is 12.7. The number of aliphatic hydroxyl groups excluding tert-OH is 1. The molecule has 0 bridgehead atoms. The number of hydrogen-bond donors (Lipinski definition) is 1. The zero-order valence-electron chi connectivity index (χ0n) is 12.1. The Labute approximate surface area is 111 Å². The first kappa shape index (κ1) is 15.2. The summed E-state index contributed by atoms with van der Waals surface area (Å²) in [6.07, 6.45) is 8.16. The van der Waals surface area contributed by atoms with Gasteiger partial charge in [-0.15, -0.1) is 0 Å². The van der Waals surface area contributed by atoms with Gasteiger partial charge in [0.25, 0.3) is 0 Å². The van der Waals surface area contributed by atoms with Crippen molar-refractivity contribution in [1.82, 2.24) is 4.98 Å². The molecule has 1 unspecified atom stereocenters. The van der Waals surface area contributed by atoms with Crippen molar-refractivity contribution in [3.63, 3.8) is 0 Å². The highest BCUT2D eigenvalue weighted by Crippen LogP contribution is 2.21. The van der Waals surface area contributed by atoms with Gasteiger partial charge in [-0.3, -0.25) is 4.98 Å². The quantitative estimate of drug-likeness (QED) is 0.689. The van der Waals surface area contributed by atoms with Crippen molar-refractivity contribution in [2.24, 2.45) is 0 Å². The second-order valence-electron chi connectivity index (χ2n) is 5.26. The van der Waals surface area contributed by atoms with E-state index in [0.717, 1.165) is 29.8 Å². The van der Waals surface area contributed by atoms with Crippen molar-refractivity contribution in [3.8, 4) is 0 Å². The maximum atomic E-state index is 10.1. The van der Waals surface area contributed by atoms with Crippen LogP contribution in [-0.4, -0.2) is 10.1 Å². The van der Waals surface area contributed by atoms with Crippen LogP contribution in [0, 0.1) is 13.8 Å². The number of rotatable bonds is 8. The lowest BCUT2D eigenvalue weighted by Crippen LogP contribution is -2.00. The molecule has 1 aromatic heterocycles. The maximum absolute atomic E-state index is 10.1. The van der Waals surface area contributed by atoms with E-state index < -0.39 is 0 Å². The second-order valence-corrected chi connectivity index (χ2v) is 5.26. The number of aromatic nitrogens is 1. The van der Waals surface area contributed by atoms with Crippen molar-refractivity contribution in [1.29, 1.82) is 0 Å². The van der Waals surface area contributed by atoms with Crippen molar-refractivity contribution in [2.75, 3.05) is 0 Å². The van der Waals surface area contributed by atoms with Gasteiger partial charge in [0.15, 0.2) is 0 Å². The van der Waals surface area contributed by atoms with E-state index in [0.29, 0.717) is 0 Å². The zero-order valence-corrected chi connectivity index (χ0v) is 12.1. The molecule has 102 valence electrons. The van der Waals surface area contributed by atoms with Crippen LogP contribution in [0.5, 0.6) is 0 Å². The minimum Gasteiger partial charge on any atom is -0.388 e. The third kappa shape index (κ3) is 5.63. The maximum Gasteiger partial charge on any atom is 0.0791 e. The predicted octanol–water partition coefficient (Wildman–Crippen LogP) is 4.48. The molecule has 18 heavy (non-hydrogen) atoms. The molecule has 2 nitrogen and oxygen atoms in total. The van der Waals surface area contributed by atoms with E-state index in [1.165, 1.54) is 32.1 Å². The van der Waals surface area contributed by atoms with E-state index >= 15 is 0 Å². The number of nitrogens with zero attached hydrogens (tertiary/aromatic N) is 1. The monoisotopic (exact) mass is 249 g/mol. The van der Waals surface area contributed by atoms with Gasteiger partial charge in [0.05, 0.1) is 6.10 Å². The summed E-state index contributed by atoms with van der Waals surface area (Å²) >= 11 is 0. The van der Waals surface area contributed by atoms with Gasteiger partial charge >= 0.3 is 0 Å². The first-order chi connectivity index (χ1) is 8.63. The molecule has 1 aromatic rings. The highest BCUT2D eigenvalue weighted by molar-refractivity contribution is 5.22. The number of hydrogen-bond acceptors (Lipinski definition) is 2. The molecule has 0 aromatic carbocycles. The summed E-state index contributed by atoms with van der Waals surface area (Å²) < 4.78 is 0. The molecule has 0 spiro atoms. The summed E-state index contributed by atoms with van der Waals surface area (Å²) in [5.41, 5.74) is 3.01. The Bertz CT molecular complexity index is 329. The minimum absolute atomic E-state index is 0.323. The summed E-state index contributed by atoms with van der Waals surface area (Å²) in [7, 11) is 0. The minimum atomic E-state index is -0.323. The van der Waals surface area contributed by atoms with Gasteiger partial charge < -0.3 is 5.11 Å². The van der Waals surface area contributed by atoms with Crippen LogP contribution in [0.1, 0.15) is 74.9 Å². The van der Waals surface area contributed by atoms with Crippen LogP contribution in [0.3, 0.4) is 0 Å². The van der Waals surface area contributed by atoms with Crippen molar-refractivity contribution in [3.05, 3.63) is 29.1 Å². The molecule has 0 aliphatic rings. The topological polar surface area (TPSA) is 33.1 Å². The van der Waals surface area contributed by atoms with Crippen LogP contribution in [0.2, 0.25) is 0 Å². The van der Waals surface area contributed by atoms with Crippen molar-refractivity contribution < 1.29 is 5.11 Å². The second kappa shape index (κ2) is 8.25. The van der Waals surface area contributed by atoms with Gasteiger partial charge in [-0.25, -0.2) is 0 Å². The van der Waals surface area contributed by atoms with Crippen LogP contribution in [0.4, 0.5) is 0 Å². The first-order valence-corrected chi connectivity index (χ1v) is 7.26. The molecular formula is C16H27NO. The number of unbranched alkanes of at least 4 members (excludes halogenated alkanes) is 5. The molecule has 2 heteroatoms. The molecule has 0 fully saturated rings. The van der Waals surface area contributed by atoms with E-state index in [-0.39, 0.29) is 6.10 Å². The Morgan fingerprint density at radius 2 is 1.56 bits per heavy atom. The molecule has 1 atom stereocenters. The largest absolute Gasteiger partial charge is 0.388 e. The Morgan fingerprint density at radius 3 is 2.17 bits per heavy atom. The average Bonchev–Trinajstić information content (AvgIpc) is 2.32. The number of aryl methyl sites for hydroxylation is 2. The summed E-state index contributed by atoms with van der Waals surface area (Å²) in [5.74, 6) is 0. The molecular weight excluding hydrogens is 222 g/mol. The van der Waals surface area contributed by atoms with Gasteiger partial charge in [0.1, 0.15) is 0 Å². The lowest BCUT2D eigenvalue weighted by atomic mass is 10.0. The van der Waals surface area contributed by atoms with Crippen molar-refractivity contribution >= 4 is 0 Å². The molecule has 0 aliphatic heterocycles. The van der Waals surface area contributed by atoms with E-state index in [4.69, 9.17) is 0 Å². The fourth-order valence-electron chi connectivity index (χ4n) is 2.34. The first-order valence-electron chi connectivity index (χ1n) is 7.26. The van der Waals surface area contributed by atoms with Gasteiger partial charge in [-0.2, -0.15) is 0 Å². The summed E-state index contributed by atoms with van der Waals surface area (Å²) in [4.78, 5) is 4.34. The zero-order chi connectivity index (χ0) is 13.4. The van der Waals surface area contributed by atoms with E-state index in [2.05, 4.69) is 11.9 Å². The summed E-state index contributed by atoms with van der Waals surface area (Å²) in [5, 5.41) is 10.1. The Morgan fingerprint density at radius 1 is 1.00 bits per heavy atom. The Hall–Kier alpha value is -0.890. The fraction of sp³-hybridized carbons (Fsp3) is 0.688. The molecule has 0 saturated heterocycles. The third-order valence-electron chi connectivity index (χ3n) is 3.32. The predicted molar refractivity (Wildman–Crippen MR) is 76.7 cm³/mol. The summed E-state index contributed by atoms with van der Waals surface area (Å²) in [6.45, 7) is 6.19. The van der Waals surface area contributed by atoms with Crippen LogP contribution in [-0.2, 0) is 0 Å². The molecule has 0 saturated carbocycles. The molecule has 1 rings (SSSR count). The van der Waals surface area contributed by atoms with Gasteiger partial charge in [0.2, 0.25) is 0 Å². The average molecular weight is 249 g/mol. The van der Waals surface area contributed by atoms with Crippen LogP contribution in [0.15, 0.2) is 12.1 Å². The number of aliphatic hydroxyl groups is 1. The lowest BCUT2D eigenvalue weighted by molar-refractivity contribution is 0.163. The smallest absolute Gasteiger partial charge is 0.0791 e. The highest BCUT2D eigenvalue weighted by Gasteiger charge is 2.08. The molecule has 0 amide bonds. The fourth-order valence-corrected chi connectivity index (χ4v) is 2.34. The Balaban J connectivity index is 2.29. The SMILES string of the molecule is CCCCCCCCC(O)c1cc(C)nc(C)c1. The van der Waals surface area contributed by atoms with Gasteiger partial charge in [0, 0.05) is 11.4 Å². The van der Waals surface area contributed by atoms with Gasteiger partial charge in [-0.05, 0) is 38.0 Å². The van der Waals surface area contributed by atoms with E-state index in [1.54, 1.807) is 0 Å². The highest BCUT2D eigenvalue weighted by atomic mass is 16.3. The van der Waals surface area contributed by atoms with Crippen LogP contribution >= 0.6 is 0 Å². The number of pyridine rings is 1. The van der Waals surface area contributed by atoms with Gasteiger partial charge in [-0.1, -0.05) is 45.4 Å². The van der Waals surface area contributed by atoms with Crippen LogP contribution in [0.25, 0.3) is 0 Å². The molecule has 0 radical (unpaired) electrons.